The second kappa shape index (κ2) is 4.40. The van der Waals surface area contributed by atoms with E-state index in [1.807, 2.05) is 0 Å². The van der Waals surface area contributed by atoms with Gasteiger partial charge in [0.25, 0.3) is 0 Å². The van der Waals surface area contributed by atoms with Crippen molar-refractivity contribution in [2.24, 2.45) is 5.92 Å². The molecule has 1 N–H and O–H groups in total. The fourth-order valence-corrected chi connectivity index (χ4v) is 2.07. The lowest BCUT2D eigenvalue weighted by Crippen LogP contribution is -2.56. The van der Waals surface area contributed by atoms with Crippen LogP contribution in [0.3, 0.4) is 0 Å². The fraction of sp³-hybridized carbons (Fsp3) is 1.00. The topological polar surface area (TPSA) is 24.5 Å². The first-order chi connectivity index (χ1) is 6.36. The van der Waals surface area contributed by atoms with Gasteiger partial charge in [-0.2, -0.15) is 0 Å². The van der Waals surface area contributed by atoms with Gasteiger partial charge in [-0.15, -0.1) is 0 Å². The van der Waals surface area contributed by atoms with Crippen LogP contribution >= 0.6 is 0 Å². The highest BCUT2D eigenvalue weighted by Crippen LogP contribution is 2.17. The molecule has 76 valence electrons. The monoisotopic (exact) mass is 184 g/mol. The molecular formula is C10H20N2O. The van der Waals surface area contributed by atoms with Gasteiger partial charge < -0.3 is 15.0 Å². The smallest absolute Gasteiger partial charge is 0.0469 e. The summed E-state index contributed by atoms with van der Waals surface area (Å²) in [6, 6.07) is 0.794. The molecule has 2 aliphatic heterocycles. The van der Waals surface area contributed by atoms with Crippen molar-refractivity contribution in [1.82, 2.24) is 10.2 Å². The maximum Gasteiger partial charge on any atom is 0.0469 e. The molecule has 2 rings (SSSR count). The third-order valence-electron chi connectivity index (χ3n) is 3.27. The number of nitrogens with zero attached hydrogens (tertiary/aromatic N) is 1. The van der Waals surface area contributed by atoms with E-state index in [4.69, 9.17) is 4.74 Å². The first kappa shape index (κ1) is 9.44. The predicted molar refractivity (Wildman–Crippen MR) is 52.8 cm³/mol. The van der Waals surface area contributed by atoms with E-state index in [0.717, 1.165) is 25.2 Å². The summed E-state index contributed by atoms with van der Waals surface area (Å²) < 4.78 is 5.35. The molecule has 0 amide bonds. The molecular weight excluding hydrogens is 164 g/mol. The third-order valence-corrected chi connectivity index (χ3v) is 3.27. The standard InChI is InChI=1S/C10H20N2O/c1-12(10-6-11-7-10)8-9-2-4-13-5-3-9/h9-11H,2-8H2,1H3. The first-order valence-corrected chi connectivity index (χ1v) is 5.35. The molecule has 2 saturated heterocycles. The summed E-state index contributed by atoms with van der Waals surface area (Å²) in [4.78, 5) is 2.51. The van der Waals surface area contributed by atoms with Gasteiger partial charge in [0.2, 0.25) is 0 Å². The van der Waals surface area contributed by atoms with Crippen molar-refractivity contribution in [3.63, 3.8) is 0 Å². The van der Waals surface area contributed by atoms with Crippen LogP contribution < -0.4 is 5.32 Å². The van der Waals surface area contributed by atoms with Gasteiger partial charge >= 0.3 is 0 Å². The Balaban J connectivity index is 1.69. The molecule has 2 aliphatic rings. The minimum Gasteiger partial charge on any atom is -0.381 e. The summed E-state index contributed by atoms with van der Waals surface area (Å²) in [5, 5.41) is 3.31. The Morgan fingerprint density at radius 3 is 2.54 bits per heavy atom. The van der Waals surface area contributed by atoms with Crippen molar-refractivity contribution in [2.45, 2.75) is 18.9 Å². The molecule has 0 radical (unpaired) electrons. The molecule has 0 unspecified atom stereocenters. The van der Waals surface area contributed by atoms with Gasteiger partial charge in [-0.25, -0.2) is 0 Å². The molecule has 0 aromatic rings. The van der Waals surface area contributed by atoms with Crippen LogP contribution in [0.25, 0.3) is 0 Å². The van der Waals surface area contributed by atoms with Crippen molar-refractivity contribution >= 4 is 0 Å². The number of nitrogens with one attached hydrogen (secondary N) is 1. The van der Waals surface area contributed by atoms with Crippen LogP contribution in [0, 0.1) is 5.92 Å². The Kier molecular flexibility index (Phi) is 3.19. The zero-order valence-electron chi connectivity index (χ0n) is 8.46. The largest absolute Gasteiger partial charge is 0.381 e. The molecule has 0 aromatic carbocycles. The molecule has 2 heterocycles. The Morgan fingerprint density at radius 1 is 1.31 bits per heavy atom. The van der Waals surface area contributed by atoms with E-state index in [2.05, 4.69) is 17.3 Å². The molecule has 0 aliphatic carbocycles. The number of rotatable bonds is 3. The molecule has 13 heavy (non-hydrogen) atoms. The van der Waals surface area contributed by atoms with E-state index in [1.54, 1.807) is 0 Å². The van der Waals surface area contributed by atoms with Crippen molar-refractivity contribution in [3.05, 3.63) is 0 Å². The number of likely N-dealkylation sites (N-methyl/N-ethyl adjacent to an activating group) is 1. The van der Waals surface area contributed by atoms with Crippen LogP contribution in [0.1, 0.15) is 12.8 Å². The molecule has 0 aromatic heterocycles. The third kappa shape index (κ3) is 2.42. The summed E-state index contributed by atoms with van der Waals surface area (Å²) in [6.45, 7) is 5.57. The van der Waals surface area contributed by atoms with E-state index in [9.17, 15) is 0 Å². The van der Waals surface area contributed by atoms with Gasteiger partial charge in [-0.05, 0) is 25.8 Å². The molecule has 3 heteroatoms. The van der Waals surface area contributed by atoms with Crippen molar-refractivity contribution in [2.75, 3.05) is 39.9 Å². The molecule has 0 bridgehead atoms. The van der Waals surface area contributed by atoms with E-state index in [-0.39, 0.29) is 0 Å². The van der Waals surface area contributed by atoms with Gasteiger partial charge in [-0.1, -0.05) is 0 Å². The van der Waals surface area contributed by atoms with Gasteiger partial charge in [0, 0.05) is 38.9 Å². The Hall–Kier alpha value is -0.120. The average molecular weight is 184 g/mol. The van der Waals surface area contributed by atoms with Crippen molar-refractivity contribution < 1.29 is 4.74 Å². The maximum atomic E-state index is 5.35. The van der Waals surface area contributed by atoms with Crippen molar-refractivity contribution in [3.8, 4) is 0 Å². The van der Waals surface area contributed by atoms with E-state index in [0.29, 0.717) is 0 Å². The van der Waals surface area contributed by atoms with Crippen LogP contribution in [-0.4, -0.2) is 50.8 Å². The Morgan fingerprint density at radius 2 is 2.00 bits per heavy atom. The van der Waals surface area contributed by atoms with Crippen LogP contribution in [0.15, 0.2) is 0 Å². The van der Waals surface area contributed by atoms with Crippen molar-refractivity contribution in [1.29, 1.82) is 0 Å². The van der Waals surface area contributed by atoms with Crippen LogP contribution in [0.5, 0.6) is 0 Å². The van der Waals surface area contributed by atoms with Crippen LogP contribution in [0.4, 0.5) is 0 Å². The Bertz CT molecular complexity index is 153. The Labute approximate surface area is 80.4 Å². The van der Waals surface area contributed by atoms with Gasteiger partial charge in [0.15, 0.2) is 0 Å². The summed E-state index contributed by atoms with van der Waals surface area (Å²) in [5.74, 6) is 0.874. The highest BCUT2D eigenvalue weighted by Gasteiger charge is 2.24. The van der Waals surface area contributed by atoms with E-state index in [1.165, 1.54) is 32.5 Å². The number of hydrogen-bond donors (Lipinski definition) is 1. The normalized spacial score (nSPS) is 26.3. The fourth-order valence-electron chi connectivity index (χ4n) is 2.07. The predicted octanol–water partition coefficient (Wildman–Crippen LogP) is 0.317. The zero-order valence-corrected chi connectivity index (χ0v) is 8.46. The lowest BCUT2D eigenvalue weighted by Gasteiger charge is -2.38. The molecule has 3 nitrogen and oxygen atoms in total. The van der Waals surface area contributed by atoms with Crippen LogP contribution in [-0.2, 0) is 4.74 Å². The summed E-state index contributed by atoms with van der Waals surface area (Å²) in [7, 11) is 2.25. The van der Waals surface area contributed by atoms with Crippen LogP contribution in [0.2, 0.25) is 0 Å². The molecule has 2 fully saturated rings. The summed E-state index contributed by atoms with van der Waals surface area (Å²) in [6.07, 6.45) is 2.51. The first-order valence-electron chi connectivity index (χ1n) is 5.35. The number of hydrogen-bond acceptors (Lipinski definition) is 3. The lowest BCUT2D eigenvalue weighted by molar-refractivity contribution is 0.0459. The minimum atomic E-state index is 0.794. The summed E-state index contributed by atoms with van der Waals surface area (Å²) >= 11 is 0. The van der Waals surface area contributed by atoms with Gasteiger partial charge in [0.1, 0.15) is 0 Å². The molecule has 0 spiro atoms. The highest BCUT2D eigenvalue weighted by molar-refractivity contribution is 4.84. The average Bonchev–Trinajstić information content (AvgIpc) is 2.02. The van der Waals surface area contributed by atoms with E-state index >= 15 is 0 Å². The SMILES string of the molecule is CN(CC1CCOCC1)C1CNC1. The second-order valence-electron chi connectivity index (χ2n) is 4.31. The van der Waals surface area contributed by atoms with Gasteiger partial charge in [-0.3, -0.25) is 0 Å². The molecule has 0 atom stereocenters. The highest BCUT2D eigenvalue weighted by atomic mass is 16.5. The minimum absolute atomic E-state index is 0.794. The summed E-state index contributed by atoms with van der Waals surface area (Å²) in [5.41, 5.74) is 0. The zero-order chi connectivity index (χ0) is 9.10. The quantitative estimate of drug-likeness (QED) is 0.683. The molecule has 0 saturated carbocycles. The van der Waals surface area contributed by atoms with E-state index < -0.39 is 0 Å². The second-order valence-corrected chi connectivity index (χ2v) is 4.31. The van der Waals surface area contributed by atoms with Gasteiger partial charge in [0.05, 0.1) is 0 Å². The lowest BCUT2D eigenvalue weighted by atomic mass is 9.98. The number of ether oxygens (including phenoxy) is 1. The maximum absolute atomic E-state index is 5.35.